The molecule has 0 radical (unpaired) electrons. The molecule has 2 aromatic rings. The molecule has 1 N–H and O–H groups in total. The average Bonchev–Trinajstić information content (AvgIpc) is 2.42. The standard InChI is InChI=1S/C9H10ClNS.CH4/c1-5(2)7-3-6-4-8(10)12-9(6)11-7;/h3-5,11H,1-2H3;1H4. The molecule has 72 valence electrons. The normalized spacial score (nSPS) is 10.8. The van der Waals surface area contributed by atoms with E-state index in [4.69, 9.17) is 11.6 Å². The van der Waals surface area contributed by atoms with Crippen LogP contribution in [0, 0.1) is 0 Å². The van der Waals surface area contributed by atoms with E-state index in [0.29, 0.717) is 5.92 Å². The maximum absolute atomic E-state index is 5.85. The molecule has 0 aromatic carbocycles. The van der Waals surface area contributed by atoms with Crippen molar-refractivity contribution in [1.29, 1.82) is 0 Å². The van der Waals surface area contributed by atoms with Gasteiger partial charge in [-0.15, -0.1) is 11.3 Å². The Morgan fingerprint density at radius 1 is 1.38 bits per heavy atom. The van der Waals surface area contributed by atoms with Gasteiger partial charge in [0.15, 0.2) is 0 Å². The van der Waals surface area contributed by atoms with Gasteiger partial charge in [-0.05, 0) is 18.1 Å². The van der Waals surface area contributed by atoms with Gasteiger partial charge in [0.2, 0.25) is 0 Å². The molecule has 0 amide bonds. The van der Waals surface area contributed by atoms with Crippen molar-refractivity contribution >= 4 is 33.2 Å². The summed E-state index contributed by atoms with van der Waals surface area (Å²) in [5.41, 5.74) is 1.29. The van der Waals surface area contributed by atoms with E-state index >= 15 is 0 Å². The van der Waals surface area contributed by atoms with Crippen molar-refractivity contribution in [2.75, 3.05) is 0 Å². The largest absolute Gasteiger partial charge is 0.350 e. The molecule has 1 nitrogen and oxygen atoms in total. The molecule has 0 aliphatic carbocycles. The second-order valence-corrected chi connectivity index (χ2v) is 4.90. The summed E-state index contributed by atoms with van der Waals surface area (Å²) in [7, 11) is 0. The summed E-state index contributed by atoms with van der Waals surface area (Å²) < 4.78 is 0.853. The Labute approximate surface area is 87.7 Å². The monoisotopic (exact) mass is 215 g/mol. The van der Waals surface area contributed by atoms with Gasteiger partial charge in [0.05, 0.1) is 4.34 Å². The topological polar surface area (TPSA) is 15.8 Å². The highest BCUT2D eigenvalue weighted by molar-refractivity contribution is 7.22. The van der Waals surface area contributed by atoms with Crippen LogP contribution in [0.5, 0.6) is 0 Å². The molecule has 0 atom stereocenters. The first-order valence-corrected chi connectivity index (χ1v) is 5.14. The second kappa shape index (κ2) is 3.72. The van der Waals surface area contributed by atoms with Gasteiger partial charge >= 0.3 is 0 Å². The Kier molecular flexibility index (Phi) is 3.04. The van der Waals surface area contributed by atoms with Gasteiger partial charge in [0.25, 0.3) is 0 Å². The summed E-state index contributed by atoms with van der Waals surface area (Å²) in [6, 6.07) is 4.17. The van der Waals surface area contributed by atoms with Gasteiger partial charge in [-0.1, -0.05) is 32.9 Å². The fraction of sp³-hybridized carbons (Fsp3) is 0.400. The lowest BCUT2D eigenvalue weighted by atomic mass is 10.1. The van der Waals surface area contributed by atoms with E-state index in [1.807, 2.05) is 6.07 Å². The highest BCUT2D eigenvalue weighted by Gasteiger charge is 2.06. The van der Waals surface area contributed by atoms with Gasteiger partial charge in [0, 0.05) is 11.1 Å². The van der Waals surface area contributed by atoms with E-state index in [-0.39, 0.29) is 7.43 Å². The maximum atomic E-state index is 5.85. The van der Waals surface area contributed by atoms with Gasteiger partial charge in [-0.3, -0.25) is 0 Å². The predicted octanol–water partition coefficient (Wildman–Crippen LogP) is 4.64. The Bertz CT molecular complexity index is 368. The molecule has 0 saturated heterocycles. The number of aromatic amines is 1. The van der Waals surface area contributed by atoms with Gasteiger partial charge in [0.1, 0.15) is 4.83 Å². The Hall–Kier alpha value is -0.470. The van der Waals surface area contributed by atoms with Crippen LogP contribution in [-0.4, -0.2) is 4.98 Å². The fourth-order valence-electron chi connectivity index (χ4n) is 1.22. The molecular formula is C10H14ClNS. The number of aromatic nitrogens is 1. The minimum atomic E-state index is 0. The Morgan fingerprint density at radius 3 is 2.62 bits per heavy atom. The average molecular weight is 216 g/mol. The van der Waals surface area contributed by atoms with Crippen LogP contribution < -0.4 is 0 Å². The lowest BCUT2D eigenvalue weighted by Gasteiger charge is -1.97. The van der Waals surface area contributed by atoms with Crippen LogP contribution in [-0.2, 0) is 0 Å². The van der Waals surface area contributed by atoms with Gasteiger partial charge < -0.3 is 4.98 Å². The minimum absolute atomic E-state index is 0. The van der Waals surface area contributed by atoms with Gasteiger partial charge in [-0.25, -0.2) is 0 Å². The van der Waals surface area contributed by atoms with Crippen molar-refractivity contribution in [3.63, 3.8) is 0 Å². The first-order chi connectivity index (χ1) is 5.66. The first-order valence-electron chi connectivity index (χ1n) is 3.95. The van der Waals surface area contributed by atoms with Gasteiger partial charge in [-0.2, -0.15) is 0 Å². The molecule has 0 unspecified atom stereocenters. The van der Waals surface area contributed by atoms with Crippen molar-refractivity contribution in [3.05, 3.63) is 22.2 Å². The van der Waals surface area contributed by atoms with Crippen LogP contribution in [0.15, 0.2) is 12.1 Å². The third kappa shape index (κ3) is 1.89. The third-order valence-corrected chi connectivity index (χ3v) is 3.12. The Morgan fingerprint density at radius 2 is 2.08 bits per heavy atom. The first kappa shape index (κ1) is 10.6. The molecule has 13 heavy (non-hydrogen) atoms. The molecule has 0 saturated carbocycles. The second-order valence-electron chi connectivity index (χ2n) is 3.21. The fourth-order valence-corrected chi connectivity index (χ4v) is 2.36. The number of hydrogen-bond acceptors (Lipinski definition) is 1. The van der Waals surface area contributed by atoms with E-state index in [1.165, 1.54) is 15.9 Å². The number of hydrogen-bond donors (Lipinski definition) is 1. The summed E-state index contributed by atoms with van der Waals surface area (Å²) in [5, 5.41) is 1.23. The maximum Gasteiger partial charge on any atom is 0.101 e. The smallest absolute Gasteiger partial charge is 0.101 e. The zero-order chi connectivity index (χ0) is 8.72. The number of rotatable bonds is 1. The van der Waals surface area contributed by atoms with E-state index in [9.17, 15) is 0 Å². The number of thiophene rings is 1. The SMILES string of the molecule is C.CC(C)c1cc2cc(Cl)sc2[nH]1. The van der Waals surface area contributed by atoms with Crippen molar-refractivity contribution in [3.8, 4) is 0 Å². The molecule has 2 heterocycles. The minimum Gasteiger partial charge on any atom is -0.350 e. The highest BCUT2D eigenvalue weighted by atomic mass is 35.5. The summed E-state index contributed by atoms with van der Waals surface area (Å²) in [6.07, 6.45) is 0. The number of H-pyrrole nitrogens is 1. The van der Waals surface area contributed by atoms with Crippen LogP contribution in [0.4, 0.5) is 0 Å². The van der Waals surface area contributed by atoms with Crippen LogP contribution in [0.2, 0.25) is 4.34 Å². The van der Waals surface area contributed by atoms with Crippen molar-refractivity contribution in [2.45, 2.75) is 27.2 Å². The molecule has 0 spiro atoms. The summed E-state index contributed by atoms with van der Waals surface area (Å²) in [4.78, 5) is 4.53. The van der Waals surface area contributed by atoms with Crippen LogP contribution in [0.3, 0.4) is 0 Å². The van der Waals surface area contributed by atoms with Crippen LogP contribution >= 0.6 is 22.9 Å². The van der Waals surface area contributed by atoms with Crippen LogP contribution in [0.1, 0.15) is 32.9 Å². The number of halogens is 1. The summed E-state index contributed by atoms with van der Waals surface area (Å²) in [6.45, 7) is 4.36. The van der Waals surface area contributed by atoms with Crippen molar-refractivity contribution < 1.29 is 0 Å². The third-order valence-electron chi connectivity index (χ3n) is 1.92. The number of fused-ring (bicyclic) bond motifs is 1. The van der Waals surface area contributed by atoms with Crippen molar-refractivity contribution in [1.82, 2.24) is 4.98 Å². The van der Waals surface area contributed by atoms with E-state index in [0.717, 1.165) is 4.34 Å². The number of nitrogens with one attached hydrogen (secondary N) is 1. The molecule has 2 aromatic heterocycles. The summed E-state index contributed by atoms with van der Waals surface area (Å²) in [5.74, 6) is 0.559. The molecule has 0 fully saturated rings. The van der Waals surface area contributed by atoms with Crippen molar-refractivity contribution in [2.24, 2.45) is 0 Å². The zero-order valence-corrected chi connectivity index (χ0v) is 8.59. The molecule has 0 aliphatic rings. The zero-order valence-electron chi connectivity index (χ0n) is 7.02. The molecule has 2 rings (SSSR count). The van der Waals surface area contributed by atoms with E-state index < -0.39 is 0 Å². The predicted molar refractivity (Wildman–Crippen MR) is 62.0 cm³/mol. The highest BCUT2D eigenvalue weighted by Crippen LogP contribution is 2.31. The van der Waals surface area contributed by atoms with Crippen LogP contribution in [0.25, 0.3) is 10.2 Å². The lowest BCUT2D eigenvalue weighted by molar-refractivity contribution is 0.837. The van der Waals surface area contributed by atoms with E-state index in [1.54, 1.807) is 11.3 Å². The quantitative estimate of drug-likeness (QED) is 0.713. The summed E-state index contributed by atoms with van der Waals surface area (Å²) >= 11 is 7.46. The lowest BCUT2D eigenvalue weighted by Crippen LogP contribution is -1.84. The molecule has 3 heteroatoms. The molecular weight excluding hydrogens is 202 g/mol. The molecule has 0 bridgehead atoms. The molecule has 0 aliphatic heterocycles. The Balaban J connectivity index is 0.000000845. The van der Waals surface area contributed by atoms with E-state index in [2.05, 4.69) is 24.9 Å².